The van der Waals surface area contributed by atoms with Crippen LogP contribution in [0.15, 0.2) is 6.20 Å². The molecule has 3 amide bonds. The van der Waals surface area contributed by atoms with Crippen LogP contribution in [0.25, 0.3) is 0 Å². The van der Waals surface area contributed by atoms with E-state index in [9.17, 15) is 14.7 Å². The Bertz CT molecular complexity index is 531. The summed E-state index contributed by atoms with van der Waals surface area (Å²) >= 11 is 0. The van der Waals surface area contributed by atoms with Gasteiger partial charge in [-0.25, -0.2) is 9.48 Å². The van der Waals surface area contributed by atoms with Gasteiger partial charge in [0.25, 0.3) is 0 Å². The fourth-order valence-corrected chi connectivity index (χ4v) is 2.02. The van der Waals surface area contributed by atoms with E-state index in [2.05, 4.69) is 15.6 Å². The van der Waals surface area contributed by atoms with Crippen molar-refractivity contribution in [2.45, 2.75) is 12.6 Å². The van der Waals surface area contributed by atoms with Gasteiger partial charge in [0, 0.05) is 20.6 Å². The van der Waals surface area contributed by atoms with Crippen molar-refractivity contribution < 1.29 is 19.4 Å². The van der Waals surface area contributed by atoms with Crippen molar-refractivity contribution in [2.24, 2.45) is 0 Å². The van der Waals surface area contributed by atoms with Gasteiger partial charge in [-0.15, -0.1) is 5.10 Å². The van der Waals surface area contributed by atoms with Crippen molar-refractivity contribution in [1.82, 2.24) is 24.8 Å². The SMILES string of the molecule is CN(C)C(=O)Nc1cn(CC(=O)N2CCOCC2CO)nn1. The third kappa shape index (κ3) is 3.92. The molecule has 1 aliphatic heterocycles. The minimum Gasteiger partial charge on any atom is -0.394 e. The Morgan fingerprint density at radius 1 is 1.55 bits per heavy atom. The van der Waals surface area contributed by atoms with Crippen LogP contribution in [-0.2, 0) is 16.1 Å². The van der Waals surface area contributed by atoms with Gasteiger partial charge in [-0.2, -0.15) is 0 Å². The highest BCUT2D eigenvalue weighted by atomic mass is 16.5. The van der Waals surface area contributed by atoms with Crippen molar-refractivity contribution >= 4 is 17.8 Å². The maximum Gasteiger partial charge on any atom is 0.322 e. The largest absolute Gasteiger partial charge is 0.394 e. The number of hydrogen-bond donors (Lipinski definition) is 2. The first-order chi connectivity index (χ1) is 10.5. The lowest BCUT2D eigenvalue weighted by molar-refractivity contribution is -0.142. The molecule has 0 spiro atoms. The van der Waals surface area contributed by atoms with Crippen LogP contribution in [0.2, 0.25) is 0 Å². The van der Waals surface area contributed by atoms with Gasteiger partial charge in [0.05, 0.1) is 32.1 Å². The third-order valence-electron chi connectivity index (χ3n) is 3.24. The topological polar surface area (TPSA) is 113 Å². The number of rotatable bonds is 4. The van der Waals surface area contributed by atoms with Gasteiger partial charge in [-0.3, -0.25) is 10.1 Å². The van der Waals surface area contributed by atoms with E-state index in [4.69, 9.17) is 4.74 Å². The molecule has 1 saturated heterocycles. The Morgan fingerprint density at radius 2 is 2.32 bits per heavy atom. The van der Waals surface area contributed by atoms with E-state index in [0.717, 1.165) is 0 Å². The average Bonchev–Trinajstić information content (AvgIpc) is 2.94. The predicted molar refractivity (Wildman–Crippen MR) is 76.1 cm³/mol. The number of carbonyl (C=O) groups excluding carboxylic acids is 2. The number of amides is 3. The number of aliphatic hydroxyl groups is 1. The Labute approximate surface area is 127 Å². The number of nitrogens with zero attached hydrogens (tertiary/aromatic N) is 5. The second kappa shape index (κ2) is 7.18. The fraction of sp³-hybridized carbons (Fsp3) is 0.667. The molecular formula is C12H20N6O4. The first kappa shape index (κ1) is 16.2. The number of morpholine rings is 1. The first-order valence-electron chi connectivity index (χ1n) is 6.87. The smallest absolute Gasteiger partial charge is 0.322 e. The molecule has 22 heavy (non-hydrogen) atoms. The predicted octanol–water partition coefficient (Wildman–Crippen LogP) is -1.41. The number of urea groups is 1. The van der Waals surface area contributed by atoms with Crippen LogP contribution in [0, 0.1) is 0 Å². The molecule has 0 saturated carbocycles. The molecular weight excluding hydrogens is 292 g/mol. The lowest BCUT2D eigenvalue weighted by atomic mass is 10.2. The monoisotopic (exact) mass is 312 g/mol. The van der Waals surface area contributed by atoms with Crippen LogP contribution in [-0.4, -0.2) is 88.3 Å². The summed E-state index contributed by atoms with van der Waals surface area (Å²) < 4.78 is 6.58. The van der Waals surface area contributed by atoms with Gasteiger partial charge in [0.15, 0.2) is 5.82 Å². The third-order valence-corrected chi connectivity index (χ3v) is 3.24. The molecule has 2 heterocycles. The summed E-state index contributed by atoms with van der Waals surface area (Å²) in [7, 11) is 3.22. The molecule has 122 valence electrons. The fourth-order valence-electron chi connectivity index (χ4n) is 2.02. The Kier molecular flexibility index (Phi) is 5.28. The summed E-state index contributed by atoms with van der Waals surface area (Å²) in [4.78, 5) is 26.7. The molecule has 10 nitrogen and oxygen atoms in total. The second-order valence-electron chi connectivity index (χ2n) is 5.12. The van der Waals surface area contributed by atoms with Crippen LogP contribution < -0.4 is 5.32 Å². The molecule has 0 radical (unpaired) electrons. The highest BCUT2D eigenvalue weighted by molar-refractivity contribution is 5.87. The molecule has 1 aliphatic rings. The molecule has 1 unspecified atom stereocenters. The minimum absolute atomic E-state index is 0.0126. The summed E-state index contributed by atoms with van der Waals surface area (Å²) in [6, 6.07) is -0.662. The van der Waals surface area contributed by atoms with Crippen molar-refractivity contribution in [1.29, 1.82) is 0 Å². The van der Waals surface area contributed by atoms with Gasteiger partial charge in [-0.1, -0.05) is 5.21 Å². The van der Waals surface area contributed by atoms with Gasteiger partial charge < -0.3 is 19.6 Å². The molecule has 1 aromatic rings. The number of nitrogens with one attached hydrogen (secondary N) is 1. The van der Waals surface area contributed by atoms with E-state index in [0.29, 0.717) is 19.8 Å². The van der Waals surface area contributed by atoms with E-state index in [1.807, 2.05) is 0 Å². The van der Waals surface area contributed by atoms with Crippen molar-refractivity contribution in [3.8, 4) is 0 Å². The van der Waals surface area contributed by atoms with E-state index in [-0.39, 0.29) is 36.9 Å². The zero-order valence-corrected chi connectivity index (χ0v) is 12.6. The highest BCUT2D eigenvalue weighted by Gasteiger charge is 2.27. The molecule has 2 N–H and O–H groups in total. The molecule has 0 aromatic carbocycles. The van der Waals surface area contributed by atoms with Gasteiger partial charge in [0.1, 0.15) is 6.54 Å². The summed E-state index contributed by atoms with van der Waals surface area (Å²) in [6.07, 6.45) is 1.48. The molecule has 1 aromatic heterocycles. The molecule has 2 rings (SSSR count). The maximum absolute atomic E-state index is 12.3. The van der Waals surface area contributed by atoms with Crippen LogP contribution in [0.3, 0.4) is 0 Å². The number of aromatic nitrogens is 3. The standard InChI is InChI=1S/C12H20N6O4/c1-16(2)12(21)13-10-5-17(15-14-10)6-11(20)18-3-4-22-8-9(18)7-19/h5,9,19H,3-4,6-8H2,1-2H3,(H,13,21). The summed E-state index contributed by atoms with van der Waals surface area (Å²) in [5, 5.41) is 19.4. The van der Waals surface area contributed by atoms with E-state index < -0.39 is 0 Å². The van der Waals surface area contributed by atoms with E-state index >= 15 is 0 Å². The number of aliphatic hydroxyl groups excluding tert-OH is 1. The number of carbonyl (C=O) groups is 2. The Morgan fingerprint density at radius 3 is 3.00 bits per heavy atom. The van der Waals surface area contributed by atoms with Crippen LogP contribution in [0.5, 0.6) is 0 Å². The van der Waals surface area contributed by atoms with Gasteiger partial charge in [0.2, 0.25) is 5.91 Å². The van der Waals surface area contributed by atoms with Gasteiger partial charge in [-0.05, 0) is 0 Å². The van der Waals surface area contributed by atoms with Crippen LogP contribution in [0.4, 0.5) is 10.6 Å². The zero-order valence-electron chi connectivity index (χ0n) is 12.6. The normalized spacial score (nSPS) is 18.1. The lowest BCUT2D eigenvalue weighted by Crippen LogP contribution is -2.51. The Hall–Kier alpha value is -2.20. The Balaban J connectivity index is 1.94. The molecule has 0 bridgehead atoms. The maximum atomic E-state index is 12.3. The summed E-state index contributed by atoms with van der Waals surface area (Å²) in [5.41, 5.74) is 0. The van der Waals surface area contributed by atoms with Crippen LogP contribution in [0.1, 0.15) is 0 Å². The minimum atomic E-state index is -0.335. The first-order valence-corrected chi connectivity index (χ1v) is 6.87. The number of hydrogen-bond acceptors (Lipinski definition) is 6. The highest BCUT2D eigenvalue weighted by Crippen LogP contribution is 2.08. The molecule has 0 aliphatic carbocycles. The number of anilines is 1. The summed E-state index contributed by atoms with van der Waals surface area (Å²) in [5.74, 6) is 0.0879. The van der Waals surface area contributed by atoms with Crippen LogP contribution >= 0.6 is 0 Å². The van der Waals surface area contributed by atoms with Crippen molar-refractivity contribution in [3.63, 3.8) is 0 Å². The van der Waals surface area contributed by atoms with E-state index in [1.54, 1.807) is 19.0 Å². The van der Waals surface area contributed by atoms with E-state index in [1.165, 1.54) is 15.8 Å². The van der Waals surface area contributed by atoms with Crippen molar-refractivity contribution in [3.05, 3.63) is 6.20 Å². The lowest BCUT2D eigenvalue weighted by Gasteiger charge is -2.34. The quantitative estimate of drug-likeness (QED) is 0.706. The average molecular weight is 312 g/mol. The molecule has 10 heteroatoms. The number of ether oxygens (including phenoxy) is 1. The van der Waals surface area contributed by atoms with Gasteiger partial charge >= 0.3 is 6.03 Å². The van der Waals surface area contributed by atoms with Crippen molar-refractivity contribution in [2.75, 3.05) is 45.8 Å². The zero-order chi connectivity index (χ0) is 16.1. The molecule has 1 fully saturated rings. The summed E-state index contributed by atoms with van der Waals surface area (Å²) in [6.45, 7) is 1.05. The second-order valence-corrected chi connectivity index (χ2v) is 5.12. The molecule has 1 atom stereocenters.